The van der Waals surface area contributed by atoms with E-state index in [1.807, 2.05) is 47.2 Å². The van der Waals surface area contributed by atoms with Gasteiger partial charge in [-0.15, -0.1) is 0 Å². The van der Waals surface area contributed by atoms with Crippen LogP contribution < -0.4 is 14.4 Å². The van der Waals surface area contributed by atoms with Crippen molar-refractivity contribution in [3.63, 3.8) is 0 Å². The number of aromatic nitrogens is 1. The highest BCUT2D eigenvalue weighted by atomic mass is 32.2. The van der Waals surface area contributed by atoms with Crippen molar-refractivity contribution >= 4 is 39.5 Å². The summed E-state index contributed by atoms with van der Waals surface area (Å²) in [4.78, 5) is 26.0. The molecule has 7 heteroatoms. The number of imide groups is 1. The molecule has 2 heterocycles. The maximum atomic E-state index is 12.4. The van der Waals surface area contributed by atoms with E-state index < -0.39 is 0 Å². The van der Waals surface area contributed by atoms with Crippen molar-refractivity contribution in [1.29, 1.82) is 0 Å². The highest BCUT2D eigenvalue weighted by Crippen LogP contribution is 2.37. The van der Waals surface area contributed by atoms with E-state index in [1.54, 1.807) is 20.3 Å². The third-order valence-corrected chi connectivity index (χ3v) is 5.47. The molecule has 3 aromatic rings. The number of carbonyl (C=O) groups excluding carboxylic acids is 2. The number of benzene rings is 2. The summed E-state index contributed by atoms with van der Waals surface area (Å²) in [5, 5.41) is 0.492. The molecular weight excluding hydrogens is 376 g/mol. The fraction of sp³-hybridized carbons (Fsp3) is 0.143. The Bertz CT molecular complexity index is 1120. The number of nitrogens with zero attached hydrogens (tertiary/aromatic N) is 2. The van der Waals surface area contributed by atoms with Gasteiger partial charge in [-0.05, 0) is 48.2 Å². The number of hydrogen-bond acceptors (Lipinski definition) is 5. The molecule has 1 aliphatic heterocycles. The van der Waals surface area contributed by atoms with Gasteiger partial charge in [0, 0.05) is 17.1 Å². The molecule has 28 heavy (non-hydrogen) atoms. The van der Waals surface area contributed by atoms with E-state index in [0.29, 0.717) is 12.2 Å². The largest absolute Gasteiger partial charge is 0.497 e. The fourth-order valence-corrected chi connectivity index (χ4v) is 4.00. The summed E-state index contributed by atoms with van der Waals surface area (Å²) < 4.78 is 12.8. The number of amides is 2. The molecule has 2 aromatic carbocycles. The minimum Gasteiger partial charge on any atom is -0.497 e. The van der Waals surface area contributed by atoms with Crippen LogP contribution >= 0.6 is 11.8 Å². The summed E-state index contributed by atoms with van der Waals surface area (Å²) in [6.45, 7) is 4.21. The number of hydrogen-bond donors (Lipinski definition) is 0. The average Bonchev–Trinajstić information content (AvgIpc) is 3.22. The Balaban J connectivity index is 1.77. The zero-order chi connectivity index (χ0) is 19.8. The predicted octanol–water partition coefficient (Wildman–Crippen LogP) is 4.42. The van der Waals surface area contributed by atoms with Gasteiger partial charge in [0.2, 0.25) is 0 Å². The molecule has 1 fully saturated rings. The topological polar surface area (TPSA) is 60.8 Å². The number of thioether (sulfide) groups is 1. The van der Waals surface area contributed by atoms with Gasteiger partial charge in [-0.25, -0.2) is 4.90 Å². The number of methoxy groups -OCH3 is 2. The molecule has 0 radical (unpaired) electrons. The molecule has 6 nitrogen and oxygen atoms in total. The van der Waals surface area contributed by atoms with E-state index in [-0.39, 0.29) is 16.1 Å². The average molecular weight is 394 g/mol. The van der Waals surface area contributed by atoms with Crippen molar-refractivity contribution in [3.05, 3.63) is 65.7 Å². The second kappa shape index (κ2) is 7.09. The number of ether oxygens (including phenoxy) is 2. The van der Waals surface area contributed by atoms with Crippen LogP contribution in [-0.2, 0) is 11.3 Å². The highest BCUT2D eigenvalue weighted by molar-refractivity contribution is 8.18. The van der Waals surface area contributed by atoms with Gasteiger partial charge in [-0.2, -0.15) is 0 Å². The van der Waals surface area contributed by atoms with Crippen molar-refractivity contribution in [2.45, 2.75) is 6.54 Å². The van der Waals surface area contributed by atoms with Crippen LogP contribution in [0.25, 0.3) is 10.9 Å². The van der Waals surface area contributed by atoms with Crippen LogP contribution in [-0.4, -0.2) is 29.9 Å². The third-order valence-electron chi connectivity index (χ3n) is 4.69. The summed E-state index contributed by atoms with van der Waals surface area (Å²) in [6.07, 6.45) is 1.93. The van der Waals surface area contributed by atoms with E-state index in [9.17, 15) is 9.59 Å². The van der Waals surface area contributed by atoms with Crippen LogP contribution in [0.15, 0.2) is 60.1 Å². The molecule has 1 aromatic heterocycles. The number of fused-ring (bicyclic) bond motifs is 1. The fourth-order valence-electron chi connectivity index (χ4n) is 3.34. The van der Waals surface area contributed by atoms with Crippen LogP contribution in [0.1, 0.15) is 5.56 Å². The maximum absolute atomic E-state index is 12.4. The lowest BCUT2D eigenvalue weighted by atomic mass is 10.1. The zero-order valence-corrected chi connectivity index (χ0v) is 16.3. The molecule has 0 aliphatic carbocycles. The van der Waals surface area contributed by atoms with E-state index in [4.69, 9.17) is 9.47 Å². The molecule has 0 bridgehead atoms. The Morgan fingerprint density at radius 3 is 2.57 bits per heavy atom. The van der Waals surface area contributed by atoms with E-state index in [0.717, 1.165) is 39.7 Å². The quantitative estimate of drug-likeness (QED) is 0.600. The maximum Gasteiger partial charge on any atom is 0.298 e. The van der Waals surface area contributed by atoms with Crippen LogP contribution in [0.2, 0.25) is 0 Å². The van der Waals surface area contributed by atoms with Gasteiger partial charge in [0.15, 0.2) is 0 Å². The molecule has 0 unspecified atom stereocenters. The second-order valence-electron chi connectivity index (χ2n) is 6.26. The van der Waals surface area contributed by atoms with Crippen LogP contribution in [0, 0.1) is 0 Å². The zero-order valence-electron chi connectivity index (χ0n) is 15.5. The SMILES string of the molecule is C=C1SC(=O)N(c2cccc3c2ccn3Cc2cc(OC)ccc2OC)C1=O. The molecule has 0 N–H and O–H groups in total. The number of rotatable bonds is 5. The van der Waals surface area contributed by atoms with Crippen LogP contribution in [0.4, 0.5) is 10.5 Å². The van der Waals surface area contributed by atoms with Gasteiger partial charge in [-0.3, -0.25) is 9.59 Å². The van der Waals surface area contributed by atoms with Crippen LogP contribution in [0.3, 0.4) is 0 Å². The Labute approximate surface area is 166 Å². The van der Waals surface area contributed by atoms with E-state index in [1.165, 1.54) is 4.90 Å². The Hall–Kier alpha value is -3.19. The monoisotopic (exact) mass is 394 g/mol. The summed E-state index contributed by atoms with van der Waals surface area (Å²) in [7, 11) is 3.26. The molecule has 142 valence electrons. The smallest absolute Gasteiger partial charge is 0.298 e. The first-order valence-corrected chi connectivity index (χ1v) is 9.39. The molecule has 1 saturated heterocycles. The molecule has 0 saturated carbocycles. The first-order valence-electron chi connectivity index (χ1n) is 8.57. The van der Waals surface area contributed by atoms with Crippen molar-refractivity contribution < 1.29 is 19.1 Å². The third kappa shape index (κ3) is 2.93. The van der Waals surface area contributed by atoms with Crippen molar-refractivity contribution in [2.75, 3.05) is 19.1 Å². The molecule has 4 rings (SSSR count). The van der Waals surface area contributed by atoms with Gasteiger partial charge in [0.25, 0.3) is 11.1 Å². The first-order chi connectivity index (χ1) is 13.5. The lowest BCUT2D eigenvalue weighted by Crippen LogP contribution is -2.27. The molecule has 1 aliphatic rings. The van der Waals surface area contributed by atoms with Crippen LogP contribution in [0.5, 0.6) is 11.5 Å². The number of carbonyl (C=O) groups is 2. The standard InChI is InChI=1S/C21H18N2O4S/c1-13-20(24)23(21(25)28-13)18-6-4-5-17-16(18)9-10-22(17)12-14-11-15(26-2)7-8-19(14)27-3/h4-11H,1,12H2,2-3H3. The minimum absolute atomic E-state index is 0.238. The first kappa shape index (κ1) is 18.2. The lowest BCUT2D eigenvalue weighted by Gasteiger charge is -2.15. The van der Waals surface area contributed by atoms with Gasteiger partial charge < -0.3 is 14.0 Å². The molecular formula is C21H18N2O4S. The van der Waals surface area contributed by atoms with Crippen molar-refractivity contribution in [2.24, 2.45) is 0 Å². The summed E-state index contributed by atoms with van der Waals surface area (Å²) in [5.41, 5.74) is 2.43. The minimum atomic E-state index is -0.371. The van der Waals surface area contributed by atoms with Crippen molar-refractivity contribution in [1.82, 2.24) is 4.57 Å². The summed E-state index contributed by atoms with van der Waals surface area (Å²) in [5.74, 6) is 1.14. The molecule has 0 atom stereocenters. The summed E-state index contributed by atoms with van der Waals surface area (Å²) >= 11 is 0.864. The summed E-state index contributed by atoms with van der Waals surface area (Å²) in [6, 6.07) is 13.1. The van der Waals surface area contributed by atoms with Gasteiger partial charge >= 0.3 is 0 Å². The molecule has 0 spiro atoms. The Morgan fingerprint density at radius 1 is 1.07 bits per heavy atom. The van der Waals surface area contributed by atoms with Gasteiger partial charge in [0.05, 0.1) is 36.9 Å². The normalized spacial score (nSPS) is 14.2. The highest BCUT2D eigenvalue weighted by Gasteiger charge is 2.36. The van der Waals surface area contributed by atoms with E-state index >= 15 is 0 Å². The Kier molecular flexibility index (Phi) is 4.60. The lowest BCUT2D eigenvalue weighted by molar-refractivity contribution is -0.113. The van der Waals surface area contributed by atoms with Crippen molar-refractivity contribution in [3.8, 4) is 11.5 Å². The van der Waals surface area contributed by atoms with E-state index in [2.05, 4.69) is 6.58 Å². The number of anilines is 1. The predicted molar refractivity (Wildman–Crippen MR) is 110 cm³/mol. The second-order valence-corrected chi connectivity index (χ2v) is 7.31. The van der Waals surface area contributed by atoms with Gasteiger partial charge in [-0.1, -0.05) is 12.6 Å². The molecule has 2 amide bonds. The van der Waals surface area contributed by atoms with Gasteiger partial charge in [0.1, 0.15) is 11.5 Å². The Morgan fingerprint density at radius 2 is 1.89 bits per heavy atom.